The number of benzene rings is 2. The topological polar surface area (TPSA) is 80.3 Å². The lowest BCUT2D eigenvalue weighted by atomic mass is 10.0. The lowest BCUT2D eigenvalue weighted by Crippen LogP contribution is -2.42. The van der Waals surface area contributed by atoms with Gasteiger partial charge in [0.2, 0.25) is 0 Å². The van der Waals surface area contributed by atoms with Gasteiger partial charge in [0.1, 0.15) is 24.0 Å². The highest BCUT2D eigenvalue weighted by atomic mass is 19.1. The Morgan fingerprint density at radius 2 is 1.68 bits per heavy atom. The van der Waals surface area contributed by atoms with E-state index in [1.54, 1.807) is 7.11 Å². The number of amides is 2. The van der Waals surface area contributed by atoms with Gasteiger partial charge in [0.15, 0.2) is 6.10 Å². The molecule has 10 heteroatoms. The van der Waals surface area contributed by atoms with Crippen molar-refractivity contribution in [2.24, 2.45) is 11.8 Å². The van der Waals surface area contributed by atoms with Gasteiger partial charge < -0.3 is 24.4 Å². The molecule has 1 aliphatic carbocycles. The number of piperidine rings is 1. The van der Waals surface area contributed by atoms with Crippen LogP contribution in [0.5, 0.6) is 5.75 Å². The van der Waals surface area contributed by atoms with E-state index < -0.39 is 35.5 Å². The molecule has 0 radical (unpaired) electrons. The van der Waals surface area contributed by atoms with E-state index in [0.29, 0.717) is 0 Å². The quantitative estimate of drug-likeness (QED) is 0.602. The molecule has 2 amide bonds. The average molecular weight is 516 g/mol. The number of ether oxygens (including phenoxy) is 3. The zero-order valence-corrected chi connectivity index (χ0v) is 21.3. The Balaban J connectivity index is 1.20. The first-order chi connectivity index (χ1) is 17.5. The number of carbonyl (C=O) groups excluding carboxylic acids is 2. The normalized spacial score (nSPS) is 24.5. The van der Waals surface area contributed by atoms with Crippen molar-refractivity contribution in [1.82, 2.24) is 5.32 Å². The molecule has 0 aromatic heterocycles. The molecule has 2 saturated heterocycles. The molecule has 37 heavy (non-hydrogen) atoms. The number of cyclic esters (lactones) is 1. The van der Waals surface area contributed by atoms with E-state index in [4.69, 9.17) is 14.2 Å². The van der Waals surface area contributed by atoms with Crippen LogP contribution in [-0.4, -0.2) is 57.2 Å². The number of hydrogen-bond donors (Lipinski definition) is 1. The monoisotopic (exact) mass is 515 g/mol. The lowest BCUT2D eigenvalue weighted by molar-refractivity contribution is 0.0705. The number of alkyl carbamates (subject to hydrolysis) is 1. The van der Waals surface area contributed by atoms with Gasteiger partial charge in [-0.1, -0.05) is 0 Å². The average Bonchev–Trinajstić information content (AvgIpc) is 3.15. The molecule has 0 bridgehead atoms. The fraction of sp³-hybridized carbons (Fsp3) is 0.481. The Bertz CT molecular complexity index is 1160. The van der Waals surface area contributed by atoms with Crippen molar-refractivity contribution >= 4 is 23.6 Å². The summed E-state index contributed by atoms with van der Waals surface area (Å²) in [5.74, 6) is -0.382. The van der Waals surface area contributed by atoms with Crippen LogP contribution in [-0.2, 0) is 9.47 Å². The molecule has 1 N–H and O–H groups in total. The minimum atomic E-state index is -0.741. The Hall–Kier alpha value is -3.56. The van der Waals surface area contributed by atoms with Crippen LogP contribution in [0.1, 0.15) is 32.3 Å². The van der Waals surface area contributed by atoms with Gasteiger partial charge in [-0.2, -0.15) is 0 Å². The third-order valence-corrected chi connectivity index (χ3v) is 7.09. The summed E-state index contributed by atoms with van der Waals surface area (Å²) in [4.78, 5) is 27.6. The molecule has 2 aliphatic heterocycles. The summed E-state index contributed by atoms with van der Waals surface area (Å²) >= 11 is 0. The number of halogens is 2. The first-order valence-electron chi connectivity index (χ1n) is 12.3. The fourth-order valence-corrected chi connectivity index (χ4v) is 5.33. The van der Waals surface area contributed by atoms with Crippen molar-refractivity contribution in [3.8, 4) is 5.75 Å². The van der Waals surface area contributed by atoms with Gasteiger partial charge in [0.05, 0.1) is 19.3 Å². The molecule has 0 spiro atoms. The highest BCUT2D eigenvalue weighted by Gasteiger charge is 2.58. The van der Waals surface area contributed by atoms with Crippen LogP contribution < -0.4 is 19.9 Å². The summed E-state index contributed by atoms with van der Waals surface area (Å²) in [5, 5.41) is 2.65. The minimum Gasteiger partial charge on any atom is -0.497 e. The van der Waals surface area contributed by atoms with Crippen LogP contribution in [0.2, 0.25) is 0 Å². The van der Waals surface area contributed by atoms with Crippen molar-refractivity contribution in [2.75, 3.05) is 43.2 Å². The lowest BCUT2D eigenvalue weighted by Gasteiger charge is -2.23. The van der Waals surface area contributed by atoms with E-state index in [-0.39, 0.29) is 42.2 Å². The number of rotatable bonds is 6. The minimum absolute atomic E-state index is 0.0192. The molecule has 198 valence electrons. The van der Waals surface area contributed by atoms with Crippen LogP contribution in [0.3, 0.4) is 0 Å². The molecule has 1 saturated carbocycles. The van der Waals surface area contributed by atoms with Gasteiger partial charge in [-0.3, -0.25) is 4.90 Å². The maximum atomic E-state index is 15.2. The summed E-state index contributed by atoms with van der Waals surface area (Å²) < 4.78 is 45.9. The number of nitrogens with one attached hydrogen (secondary N) is 1. The van der Waals surface area contributed by atoms with Gasteiger partial charge >= 0.3 is 12.2 Å². The number of nitrogens with zero attached hydrogens (tertiary/aromatic N) is 2. The SMILES string of the molecule is COc1ccc(N2C[C@@H]3C(c4c(F)cc(N5C[C@@H](COC(=O)NC(C)(C)C)OC5=O)cc4F)[C@@H]3C2)cc1. The standard InChI is InChI=1S/C27H31F2N3O5/c1-27(2,3)30-25(33)36-14-18-11-32(26(34)37-18)16-9-21(28)24(22(29)10-16)23-19-12-31(13-20(19)23)15-5-7-17(35-4)8-6-15/h5-10,18-20,23H,11-14H2,1-4H3,(H,30,33)/t18-,19-,20+,23?/m0/s1. The first kappa shape index (κ1) is 25.1. The van der Waals surface area contributed by atoms with E-state index in [1.807, 2.05) is 45.0 Å². The van der Waals surface area contributed by atoms with Crippen molar-refractivity contribution in [3.05, 3.63) is 53.6 Å². The number of fused-ring (bicyclic) bond motifs is 1. The van der Waals surface area contributed by atoms with E-state index in [2.05, 4.69) is 10.2 Å². The van der Waals surface area contributed by atoms with Gasteiger partial charge in [0.25, 0.3) is 0 Å². The molecule has 3 aliphatic rings. The Morgan fingerprint density at radius 1 is 1.05 bits per heavy atom. The number of methoxy groups -OCH3 is 1. The summed E-state index contributed by atoms with van der Waals surface area (Å²) in [6, 6.07) is 10.1. The Morgan fingerprint density at radius 3 is 2.24 bits per heavy atom. The molecule has 8 nitrogen and oxygen atoms in total. The van der Waals surface area contributed by atoms with Crippen molar-refractivity contribution in [1.29, 1.82) is 0 Å². The molecule has 3 fully saturated rings. The molecule has 2 aromatic carbocycles. The van der Waals surface area contributed by atoms with E-state index in [0.717, 1.165) is 29.4 Å². The van der Waals surface area contributed by atoms with E-state index in [9.17, 15) is 9.59 Å². The number of hydrogen-bond acceptors (Lipinski definition) is 6. The fourth-order valence-electron chi connectivity index (χ4n) is 5.33. The second-order valence-electron chi connectivity index (χ2n) is 10.9. The zero-order valence-electron chi connectivity index (χ0n) is 21.3. The maximum absolute atomic E-state index is 15.2. The predicted octanol–water partition coefficient (Wildman–Crippen LogP) is 4.67. The second-order valence-corrected chi connectivity index (χ2v) is 10.9. The molecular formula is C27H31F2N3O5. The van der Waals surface area contributed by atoms with Crippen molar-refractivity contribution < 1.29 is 32.6 Å². The van der Waals surface area contributed by atoms with Crippen LogP contribution in [0.15, 0.2) is 36.4 Å². The molecule has 5 rings (SSSR count). The Kier molecular flexibility index (Phi) is 6.37. The van der Waals surface area contributed by atoms with Gasteiger partial charge in [-0.15, -0.1) is 0 Å². The largest absolute Gasteiger partial charge is 0.497 e. The highest BCUT2D eigenvalue weighted by molar-refractivity contribution is 5.89. The summed E-state index contributed by atoms with van der Waals surface area (Å²) in [7, 11) is 1.62. The molecule has 1 unspecified atom stereocenters. The van der Waals surface area contributed by atoms with Gasteiger partial charge in [-0.25, -0.2) is 18.4 Å². The summed E-state index contributed by atoms with van der Waals surface area (Å²) in [5.41, 5.74) is 0.751. The zero-order chi connectivity index (χ0) is 26.5. The smallest absolute Gasteiger partial charge is 0.414 e. The molecule has 4 atom stereocenters. The maximum Gasteiger partial charge on any atom is 0.414 e. The molecular weight excluding hydrogens is 484 g/mol. The van der Waals surface area contributed by atoms with Gasteiger partial charge in [0, 0.05) is 29.9 Å². The third kappa shape index (κ3) is 5.14. The van der Waals surface area contributed by atoms with Gasteiger partial charge in [-0.05, 0) is 74.9 Å². The van der Waals surface area contributed by atoms with Crippen molar-refractivity contribution in [2.45, 2.75) is 38.3 Å². The van der Waals surface area contributed by atoms with Crippen LogP contribution in [0.25, 0.3) is 0 Å². The summed E-state index contributed by atoms with van der Waals surface area (Å²) in [6.07, 6.45) is -2.12. The third-order valence-electron chi connectivity index (χ3n) is 7.09. The number of carbonyl (C=O) groups is 2. The predicted molar refractivity (Wildman–Crippen MR) is 133 cm³/mol. The second kappa shape index (κ2) is 9.39. The van der Waals surface area contributed by atoms with Crippen LogP contribution in [0.4, 0.5) is 29.7 Å². The highest BCUT2D eigenvalue weighted by Crippen LogP contribution is 2.60. The van der Waals surface area contributed by atoms with Crippen molar-refractivity contribution in [3.63, 3.8) is 0 Å². The van der Waals surface area contributed by atoms with Crippen LogP contribution in [0, 0.1) is 23.5 Å². The number of anilines is 2. The first-order valence-corrected chi connectivity index (χ1v) is 12.3. The summed E-state index contributed by atoms with van der Waals surface area (Å²) in [6.45, 7) is 6.74. The molecule has 2 heterocycles. The molecule has 2 aromatic rings. The van der Waals surface area contributed by atoms with E-state index in [1.165, 1.54) is 12.1 Å². The van der Waals surface area contributed by atoms with E-state index >= 15 is 8.78 Å². The Labute approximate surface area is 214 Å². The van der Waals surface area contributed by atoms with Crippen LogP contribution >= 0.6 is 0 Å².